The summed E-state index contributed by atoms with van der Waals surface area (Å²) >= 11 is 1.93. The molecule has 2 heteroatoms. The number of fused-ring (bicyclic) bond motifs is 10. The van der Waals surface area contributed by atoms with Crippen molar-refractivity contribution in [3.05, 3.63) is 138 Å². The molecular formula is C40H29NS. The Morgan fingerprint density at radius 2 is 1.31 bits per heavy atom. The molecule has 200 valence electrons. The van der Waals surface area contributed by atoms with Crippen molar-refractivity contribution < 1.29 is 0 Å². The smallest absolute Gasteiger partial charge is 0.0541 e. The second-order valence-corrected chi connectivity index (χ2v) is 13.3. The molecule has 0 N–H and O–H groups in total. The molecule has 0 unspecified atom stereocenters. The van der Waals surface area contributed by atoms with Crippen molar-refractivity contribution in [1.82, 2.24) is 4.57 Å². The molecule has 0 bridgehead atoms. The maximum atomic E-state index is 2.46. The van der Waals surface area contributed by atoms with Gasteiger partial charge in [-0.05, 0) is 71.1 Å². The zero-order valence-corrected chi connectivity index (χ0v) is 24.7. The quantitative estimate of drug-likeness (QED) is 0.200. The first-order valence-electron chi connectivity index (χ1n) is 14.7. The van der Waals surface area contributed by atoms with Gasteiger partial charge in [0.15, 0.2) is 0 Å². The van der Waals surface area contributed by atoms with Crippen molar-refractivity contribution in [1.29, 1.82) is 0 Å². The fourth-order valence-corrected chi connectivity index (χ4v) is 8.57. The highest BCUT2D eigenvalue weighted by Gasteiger charge is 2.37. The minimum absolute atomic E-state index is 0.0809. The Bertz CT molecular complexity index is 2380. The van der Waals surface area contributed by atoms with Gasteiger partial charge in [0.1, 0.15) is 0 Å². The predicted octanol–water partition coefficient (Wildman–Crippen LogP) is 11.4. The monoisotopic (exact) mass is 555 g/mol. The number of para-hydroxylation sites is 1. The van der Waals surface area contributed by atoms with E-state index < -0.39 is 0 Å². The summed E-state index contributed by atoms with van der Waals surface area (Å²) in [5, 5.41) is 5.31. The Balaban J connectivity index is 1.27. The second-order valence-electron chi connectivity index (χ2n) is 12.3. The molecule has 0 aliphatic heterocycles. The van der Waals surface area contributed by atoms with Crippen LogP contribution in [0.15, 0.2) is 121 Å². The zero-order chi connectivity index (χ0) is 28.2. The van der Waals surface area contributed by atoms with E-state index in [1.165, 1.54) is 86.6 Å². The Labute approximate surface area is 249 Å². The molecule has 42 heavy (non-hydrogen) atoms. The van der Waals surface area contributed by atoms with Crippen LogP contribution in [0.1, 0.15) is 30.5 Å². The Morgan fingerprint density at radius 3 is 2.17 bits per heavy atom. The number of hydrogen-bond acceptors (Lipinski definition) is 1. The molecule has 0 radical (unpaired) electrons. The topological polar surface area (TPSA) is 4.93 Å². The third-order valence-corrected chi connectivity index (χ3v) is 10.7. The lowest BCUT2D eigenvalue weighted by Crippen LogP contribution is -2.15. The normalized spacial score (nSPS) is 13.8. The van der Waals surface area contributed by atoms with Crippen molar-refractivity contribution in [2.24, 2.45) is 0 Å². The van der Waals surface area contributed by atoms with Crippen LogP contribution in [0.5, 0.6) is 0 Å². The molecule has 9 rings (SSSR count). The van der Waals surface area contributed by atoms with Gasteiger partial charge in [-0.1, -0.05) is 104 Å². The van der Waals surface area contributed by atoms with Gasteiger partial charge in [-0.15, -0.1) is 11.3 Å². The average Bonchev–Trinajstić information content (AvgIpc) is 3.63. The van der Waals surface area contributed by atoms with Crippen LogP contribution in [-0.2, 0) is 5.41 Å². The summed E-state index contributed by atoms with van der Waals surface area (Å²) in [5.74, 6) is 0. The highest BCUT2D eigenvalue weighted by Crippen LogP contribution is 2.54. The highest BCUT2D eigenvalue weighted by molar-refractivity contribution is 7.26. The van der Waals surface area contributed by atoms with Crippen LogP contribution in [0, 0.1) is 6.92 Å². The summed E-state index contributed by atoms with van der Waals surface area (Å²) in [6, 6.07) is 45.3. The number of nitrogens with zero attached hydrogens (tertiary/aromatic N) is 1. The van der Waals surface area contributed by atoms with Gasteiger partial charge >= 0.3 is 0 Å². The van der Waals surface area contributed by atoms with Crippen LogP contribution in [0.25, 0.3) is 69.9 Å². The van der Waals surface area contributed by atoms with Crippen LogP contribution in [-0.4, -0.2) is 4.57 Å². The summed E-state index contributed by atoms with van der Waals surface area (Å²) in [6.07, 6.45) is 0. The summed E-state index contributed by atoms with van der Waals surface area (Å²) in [7, 11) is 0. The Morgan fingerprint density at radius 1 is 0.571 bits per heavy atom. The molecule has 2 aromatic heterocycles. The standard InChI is InChI=1S/C40H29NS/c1-24-12-14-25(15-13-24)26-16-21-36-32(22-26)28-8-4-6-10-35(28)41(36)27-17-18-31-34(23-27)40(2,3)33-20-19-30-29-9-5-7-11-37(29)42-39(30)38(31)33/h4-23H,1-3H3. The molecule has 2 heterocycles. The molecule has 6 aromatic carbocycles. The number of thiophene rings is 1. The number of aryl methyl sites for hydroxylation is 1. The van der Waals surface area contributed by atoms with Gasteiger partial charge < -0.3 is 4.57 Å². The van der Waals surface area contributed by atoms with Gasteiger partial charge in [-0.25, -0.2) is 0 Å². The van der Waals surface area contributed by atoms with Crippen LogP contribution in [0.3, 0.4) is 0 Å². The van der Waals surface area contributed by atoms with E-state index in [-0.39, 0.29) is 5.41 Å². The van der Waals surface area contributed by atoms with E-state index in [4.69, 9.17) is 0 Å². The number of hydrogen-bond donors (Lipinski definition) is 0. The highest BCUT2D eigenvalue weighted by atomic mass is 32.1. The van der Waals surface area contributed by atoms with Gasteiger partial charge in [-0.2, -0.15) is 0 Å². The third kappa shape index (κ3) is 3.19. The van der Waals surface area contributed by atoms with Gasteiger partial charge in [0.2, 0.25) is 0 Å². The van der Waals surface area contributed by atoms with Crippen LogP contribution < -0.4 is 0 Å². The lowest BCUT2D eigenvalue weighted by Gasteiger charge is -2.22. The van der Waals surface area contributed by atoms with E-state index in [2.05, 4.69) is 147 Å². The first-order valence-corrected chi connectivity index (χ1v) is 15.5. The molecule has 1 nitrogen and oxygen atoms in total. The molecule has 1 aliphatic carbocycles. The van der Waals surface area contributed by atoms with E-state index in [9.17, 15) is 0 Å². The van der Waals surface area contributed by atoms with Crippen molar-refractivity contribution in [2.45, 2.75) is 26.2 Å². The minimum atomic E-state index is -0.0809. The Kier molecular flexibility index (Phi) is 4.82. The zero-order valence-electron chi connectivity index (χ0n) is 23.9. The second kappa shape index (κ2) is 8.44. The number of rotatable bonds is 2. The van der Waals surface area contributed by atoms with Gasteiger partial charge in [0.25, 0.3) is 0 Å². The first kappa shape index (κ1) is 24.0. The van der Waals surface area contributed by atoms with E-state index in [1.54, 1.807) is 0 Å². The van der Waals surface area contributed by atoms with Crippen LogP contribution in [0.2, 0.25) is 0 Å². The summed E-state index contributed by atoms with van der Waals surface area (Å²) in [5.41, 5.74) is 13.0. The largest absolute Gasteiger partial charge is 0.309 e. The molecular weight excluding hydrogens is 527 g/mol. The molecule has 0 spiro atoms. The van der Waals surface area contributed by atoms with E-state index in [1.807, 2.05) is 11.3 Å². The van der Waals surface area contributed by atoms with Gasteiger partial charge in [-0.3, -0.25) is 0 Å². The summed E-state index contributed by atoms with van der Waals surface area (Å²) < 4.78 is 5.23. The van der Waals surface area contributed by atoms with Crippen molar-refractivity contribution in [3.8, 4) is 27.9 Å². The maximum Gasteiger partial charge on any atom is 0.0541 e. The molecule has 8 aromatic rings. The molecule has 0 saturated heterocycles. The van der Waals surface area contributed by atoms with Crippen LogP contribution >= 0.6 is 11.3 Å². The average molecular weight is 556 g/mol. The van der Waals surface area contributed by atoms with E-state index >= 15 is 0 Å². The number of aromatic nitrogens is 1. The first-order chi connectivity index (χ1) is 20.5. The van der Waals surface area contributed by atoms with E-state index in [0.29, 0.717) is 0 Å². The molecule has 0 fully saturated rings. The molecule has 0 atom stereocenters. The lowest BCUT2D eigenvalue weighted by molar-refractivity contribution is 0.660. The molecule has 0 amide bonds. The maximum absolute atomic E-state index is 2.46. The van der Waals surface area contributed by atoms with E-state index in [0.717, 1.165) is 0 Å². The van der Waals surface area contributed by atoms with Gasteiger partial charge in [0.05, 0.1) is 11.0 Å². The minimum Gasteiger partial charge on any atom is -0.309 e. The van der Waals surface area contributed by atoms with Crippen LogP contribution in [0.4, 0.5) is 0 Å². The van der Waals surface area contributed by atoms with Crippen molar-refractivity contribution in [3.63, 3.8) is 0 Å². The fourth-order valence-electron chi connectivity index (χ4n) is 7.31. The third-order valence-electron chi connectivity index (χ3n) is 9.48. The lowest BCUT2D eigenvalue weighted by atomic mass is 9.82. The predicted molar refractivity (Wildman–Crippen MR) is 181 cm³/mol. The number of benzene rings is 6. The summed E-state index contributed by atoms with van der Waals surface area (Å²) in [4.78, 5) is 0. The molecule has 0 saturated carbocycles. The Hall–Kier alpha value is -4.66. The fraction of sp³-hybridized carbons (Fsp3) is 0.100. The van der Waals surface area contributed by atoms with Crippen molar-refractivity contribution >= 4 is 53.3 Å². The van der Waals surface area contributed by atoms with Crippen molar-refractivity contribution in [2.75, 3.05) is 0 Å². The van der Waals surface area contributed by atoms with Gasteiger partial charge in [0, 0.05) is 47.6 Å². The molecule has 1 aliphatic rings. The summed E-state index contributed by atoms with van der Waals surface area (Å²) in [6.45, 7) is 6.92. The SMILES string of the molecule is Cc1ccc(-c2ccc3c(c2)c2ccccc2n3-c2ccc3c(c2)C(C)(C)c2ccc4c(sc5ccccc54)c2-3)cc1.